The molecule has 0 bridgehead atoms. The van der Waals surface area contributed by atoms with Crippen LogP contribution < -0.4 is 0 Å². The molecule has 0 aliphatic heterocycles. The molecule has 0 heterocycles. The van der Waals surface area contributed by atoms with Crippen molar-refractivity contribution in [2.45, 2.75) is 6.92 Å². The maximum absolute atomic E-state index is 2.31. The van der Waals surface area contributed by atoms with Crippen LogP contribution in [0.1, 0.15) is 22.3 Å². The minimum atomic E-state index is 1.30. The zero-order chi connectivity index (χ0) is 12.8. The highest BCUT2D eigenvalue weighted by Gasteiger charge is 2.17. The minimum Gasteiger partial charge on any atom is -0.0622 e. The summed E-state index contributed by atoms with van der Waals surface area (Å²) in [5, 5.41) is 2.74. The summed E-state index contributed by atoms with van der Waals surface area (Å²) in [6.45, 7) is 2.17. The molecule has 1 aliphatic rings. The lowest BCUT2D eigenvalue weighted by molar-refractivity contribution is 1.48. The summed E-state index contributed by atoms with van der Waals surface area (Å²) >= 11 is 0. The summed E-state index contributed by atoms with van der Waals surface area (Å²) in [7, 11) is 0. The van der Waals surface area contributed by atoms with E-state index in [0.29, 0.717) is 0 Å². The van der Waals surface area contributed by atoms with Crippen LogP contribution in [0.15, 0.2) is 60.7 Å². The van der Waals surface area contributed by atoms with Crippen molar-refractivity contribution in [3.05, 3.63) is 82.9 Å². The van der Waals surface area contributed by atoms with E-state index in [0.717, 1.165) is 0 Å². The van der Waals surface area contributed by atoms with Crippen LogP contribution in [-0.2, 0) is 0 Å². The van der Waals surface area contributed by atoms with Crippen LogP contribution in [0.4, 0.5) is 0 Å². The highest BCUT2D eigenvalue weighted by atomic mass is 14.2. The third-order valence-corrected chi connectivity index (χ3v) is 3.83. The average molecular weight is 242 g/mol. The lowest BCUT2D eigenvalue weighted by Crippen LogP contribution is -1.86. The fourth-order valence-corrected chi connectivity index (χ4v) is 3.03. The molecular formula is C19H14. The monoisotopic (exact) mass is 242 g/mol. The van der Waals surface area contributed by atoms with Gasteiger partial charge in [-0.05, 0) is 51.6 Å². The van der Waals surface area contributed by atoms with Crippen LogP contribution >= 0.6 is 0 Å². The van der Waals surface area contributed by atoms with E-state index in [2.05, 4.69) is 73.7 Å². The largest absolute Gasteiger partial charge is 0.0622 e. The van der Waals surface area contributed by atoms with Gasteiger partial charge < -0.3 is 0 Å². The molecule has 1 aliphatic carbocycles. The molecular weight excluding hydrogens is 228 g/mol. The molecule has 0 radical (unpaired) electrons. The molecule has 0 spiro atoms. The van der Waals surface area contributed by atoms with Gasteiger partial charge in [-0.15, -0.1) is 0 Å². The third kappa shape index (κ3) is 1.53. The Labute approximate surface area is 113 Å². The molecule has 0 aromatic heterocycles. The summed E-state index contributed by atoms with van der Waals surface area (Å²) in [6, 6.07) is 21.8. The molecule has 0 N–H and O–H groups in total. The standard InChI is InChI=1S/C19H14/c1-13-10-15-8-5-9-16-12-17(18(11-13)19(15)16)14-6-3-2-4-7-14/h2-12H,1H3. The van der Waals surface area contributed by atoms with E-state index in [9.17, 15) is 0 Å². The predicted molar refractivity (Wildman–Crippen MR) is 82.1 cm³/mol. The van der Waals surface area contributed by atoms with Crippen molar-refractivity contribution < 1.29 is 0 Å². The predicted octanol–water partition coefficient (Wildman–Crippen LogP) is 5.05. The van der Waals surface area contributed by atoms with Gasteiger partial charge in [-0.25, -0.2) is 0 Å². The Kier molecular flexibility index (Phi) is 2.13. The topological polar surface area (TPSA) is 0 Å². The van der Waals surface area contributed by atoms with Gasteiger partial charge in [-0.2, -0.15) is 0 Å². The highest BCUT2D eigenvalue weighted by molar-refractivity contribution is 6.12. The van der Waals surface area contributed by atoms with Crippen molar-refractivity contribution >= 4 is 22.4 Å². The summed E-state index contributed by atoms with van der Waals surface area (Å²) in [5.74, 6) is 0. The lowest BCUT2D eigenvalue weighted by atomic mass is 9.96. The molecule has 0 amide bonds. The molecule has 19 heavy (non-hydrogen) atoms. The van der Waals surface area contributed by atoms with E-state index in [4.69, 9.17) is 0 Å². The first-order chi connectivity index (χ1) is 9.33. The van der Waals surface area contributed by atoms with Crippen LogP contribution in [0, 0.1) is 6.92 Å². The Morgan fingerprint density at radius 1 is 0.789 bits per heavy atom. The molecule has 0 nitrogen and oxygen atoms in total. The van der Waals surface area contributed by atoms with Gasteiger partial charge in [0.1, 0.15) is 0 Å². The van der Waals surface area contributed by atoms with Crippen molar-refractivity contribution in [2.24, 2.45) is 0 Å². The zero-order valence-corrected chi connectivity index (χ0v) is 10.9. The van der Waals surface area contributed by atoms with Crippen molar-refractivity contribution in [2.75, 3.05) is 0 Å². The van der Waals surface area contributed by atoms with Gasteiger partial charge >= 0.3 is 0 Å². The summed E-state index contributed by atoms with van der Waals surface area (Å²) in [5.41, 5.74) is 6.67. The fraction of sp³-hybridized carbons (Fsp3) is 0.0526. The summed E-state index contributed by atoms with van der Waals surface area (Å²) in [6.07, 6.45) is 2.31. The fourth-order valence-electron chi connectivity index (χ4n) is 3.03. The molecule has 0 heteroatoms. The zero-order valence-electron chi connectivity index (χ0n) is 10.9. The SMILES string of the molecule is Cc1cc2c3c(cccc3c1)C=C2c1ccccc1. The van der Waals surface area contributed by atoms with Crippen LogP contribution in [-0.4, -0.2) is 0 Å². The summed E-state index contributed by atoms with van der Waals surface area (Å²) < 4.78 is 0. The molecule has 4 rings (SSSR count). The molecule has 0 atom stereocenters. The van der Waals surface area contributed by atoms with Gasteiger partial charge in [0.25, 0.3) is 0 Å². The second-order valence-electron chi connectivity index (χ2n) is 5.18. The first kappa shape index (κ1) is 10.6. The van der Waals surface area contributed by atoms with E-state index in [-0.39, 0.29) is 0 Å². The van der Waals surface area contributed by atoms with Crippen LogP contribution in [0.2, 0.25) is 0 Å². The Hall–Kier alpha value is -2.34. The smallest absolute Gasteiger partial charge is 0.00322 e. The second kappa shape index (κ2) is 3.83. The third-order valence-electron chi connectivity index (χ3n) is 3.83. The van der Waals surface area contributed by atoms with Crippen molar-refractivity contribution in [1.82, 2.24) is 0 Å². The van der Waals surface area contributed by atoms with Gasteiger partial charge in [0.15, 0.2) is 0 Å². The molecule has 0 fully saturated rings. The van der Waals surface area contributed by atoms with E-state index >= 15 is 0 Å². The first-order valence-corrected chi connectivity index (χ1v) is 6.64. The van der Waals surface area contributed by atoms with Crippen molar-refractivity contribution in [3.63, 3.8) is 0 Å². The normalized spacial score (nSPS) is 12.8. The number of benzene rings is 3. The van der Waals surface area contributed by atoms with E-state index < -0.39 is 0 Å². The van der Waals surface area contributed by atoms with E-state index in [1.807, 2.05) is 0 Å². The van der Waals surface area contributed by atoms with Crippen LogP contribution in [0.3, 0.4) is 0 Å². The van der Waals surface area contributed by atoms with Crippen molar-refractivity contribution in [1.29, 1.82) is 0 Å². The second-order valence-corrected chi connectivity index (χ2v) is 5.18. The van der Waals surface area contributed by atoms with Gasteiger partial charge in [0, 0.05) is 0 Å². The van der Waals surface area contributed by atoms with Crippen molar-refractivity contribution in [3.8, 4) is 0 Å². The molecule has 0 unspecified atom stereocenters. The Bertz CT molecular complexity index is 808. The van der Waals surface area contributed by atoms with Gasteiger partial charge in [0.2, 0.25) is 0 Å². The number of aryl methyl sites for hydroxylation is 1. The van der Waals surface area contributed by atoms with Crippen LogP contribution in [0.5, 0.6) is 0 Å². The van der Waals surface area contributed by atoms with Gasteiger partial charge in [-0.1, -0.05) is 60.7 Å². The van der Waals surface area contributed by atoms with E-state index in [1.165, 1.54) is 38.6 Å². The lowest BCUT2D eigenvalue weighted by Gasteiger charge is -2.08. The first-order valence-electron chi connectivity index (χ1n) is 6.64. The maximum Gasteiger partial charge on any atom is -0.00322 e. The van der Waals surface area contributed by atoms with Crippen LogP contribution in [0.25, 0.3) is 22.4 Å². The van der Waals surface area contributed by atoms with Gasteiger partial charge in [0.05, 0.1) is 0 Å². The quantitative estimate of drug-likeness (QED) is 0.438. The molecule has 3 aromatic carbocycles. The summed E-state index contributed by atoms with van der Waals surface area (Å²) in [4.78, 5) is 0. The maximum atomic E-state index is 2.31. The average Bonchev–Trinajstić information content (AvgIpc) is 2.80. The molecule has 90 valence electrons. The minimum absolute atomic E-state index is 1.30. The number of hydrogen-bond acceptors (Lipinski definition) is 0. The molecule has 0 saturated heterocycles. The molecule has 3 aromatic rings. The number of rotatable bonds is 1. The Balaban J connectivity index is 2.06. The molecule has 0 saturated carbocycles. The van der Waals surface area contributed by atoms with E-state index in [1.54, 1.807) is 0 Å². The van der Waals surface area contributed by atoms with Gasteiger partial charge in [-0.3, -0.25) is 0 Å². The Morgan fingerprint density at radius 3 is 2.47 bits per heavy atom. The Morgan fingerprint density at radius 2 is 1.63 bits per heavy atom. The number of hydrogen-bond donors (Lipinski definition) is 0. The highest BCUT2D eigenvalue weighted by Crippen LogP contribution is 2.40.